The van der Waals surface area contributed by atoms with Gasteiger partial charge in [-0.3, -0.25) is 4.57 Å². The van der Waals surface area contributed by atoms with Crippen LogP contribution in [0.2, 0.25) is 0 Å². The number of aromatic nitrogens is 2. The normalized spacial score (nSPS) is 11.3. The molecule has 0 bridgehead atoms. The molecular weight excluding hydrogens is 256 g/mol. The van der Waals surface area contributed by atoms with Crippen molar-refractivity contribution in [3.63, 3.8) is 0 Å². The second kappa shape index (κ2) is 4.73. The third-order valence-electron chi connectivity index (χ3n) is 4.91. The average molecular weight is 278 g/mol. The van der Waals surface area contributed by atoms with Crippen LogP contribution in [-0.4, -0.2) is 9.55 Å². The first-order valence-corrected chi connectivity index (χ1v) is 7.45. The number of benzene rings is 2. The van der Waals surface area contributed by atoms with Crippen LogP contribution < -0.4 is 0 Å². The molecule has 0 fully saturated rings. The van der Waals surface area contributed by atoms with Crippen LogP contribution in [0.4, 0.5) is 0 Å². The Balaban J connectivity index is 2.47. The summed E-state index contributed by atoms with van der Waals surface area (Å²) in [4.78, 5) is 4.72. The lowest BCUT2D eigenvalue weighted by Gasteiger charge is -2.20. The lowest BCUT2D eigenvalue weighted by atomic mass is 9.92. The minimum Gasteiger partial charge on any atom is -0.296 e. The third kappa shape index (κ3) is 1.90. The van der Waals surface area contributed by atoms with Gasteiger partial charge in [-0.15, -0.1) is 0 Å². The van der Waals surface area contributed by atoms with Crippen molar-refractivity contribution in [1.82, 2.24) is 9.55 Å². The Morgan fingerprint density at radius 1 is 0.714 bits per heavy atom. The second-order valence-corrected chi connectivity index (χ2v) is 5.96. The average Bonchev–Trinajstić information content (AvgIpc) is 2.80. The summed E-state index contributed by atoms with van der Waals surface area (Å²) in [5.41, 5.74) is 10.4. The number of fused-ring (bicyclic) bond motifs is 1. The lowest BCUT2D eigenvalue weighted by molar-refractivity contribution is 0.964. The highest BCUT2D eigenvalue weighted by molar-refractivity contribution is 5.79. The van der Waals surface area contributed by atoms with Gasteiger partial charge in [0.05, 0.1) is 16.7 Å². The minimum absolute atomic E-state index is 1.05. The van der Waals surface area contributed by atoms with Crippen LogP contribution in [0.5, 0.6) is 0 Å². The van der Waals surface area contributed by atoms with E-state index < -0.39 is 0 Å². The van der Waals surface area contributed by atoms with Crippen LogP contribution in [0.15, 0.2) is 24.3 Å². The molecule has 0 atom stereocenters. The van der Waals surface area contributed by atoms with Crippen molar-refractivity contribution in [1.29, 1.82) is 0 Å². The molecule has 0 spiro atoms. The molecule has 0 amide bonds. The van der Waals surface area contributed by atoms with Crippen molar-refractivity contribution >= 4 is 11.0 Å². The van der Waals surface area contributed by atoms with Crippen LogP contribution in [0.3, 0.4) is 0 Å². The quantitative estimate of drug-likeness (QED) is 0.620. The van der Waals surface area contributed by atoms with Gasteiger partial charge in [0.2, 0.25) is 0 Å². The van der Waals surface area contributed by atoms with Gasteiger partial charge in [0, 0.05) is 0 Å². The molecule has 0 radical (unpaired) electrons. The zero-order valence-corrected chi connectivity index (χ0v) is 13.7. The highest BCUT2D eigenvalue weighted by Gasteiger charge is 2.17. The van der Waals surface area contributed by atoms with E-state index in [-0.39, 0.29) is 0 Å². The molecule has 21 heavy (non-hydrogen) atoms. The first kappa shape index (κ1) is 13.9. The summed E-state index contributed by atoms with van der Waals surface area (Å²) in [5.74, 6) is 1.05. The smallest absolute Gasteiger partial charge is 0.111 e. The largest absolute Gasteiger partial charge is 0.296 e. The van der Waals surface area contributed by atoms with Gasteiger partial charge in [-0.05, 0) is 81.5 Å². The van der Waals surface area contributed by atoms with Crippen LogP contribution in [0, 0.1) is 41.5 Å². The Bertz CT molecular complexity index is 825. The summed E-state index contributed by atoms with van der Waals surface area (Å²) in [6.45, 7) is 13.2. The maximum absolute atomic E-state index is 4.72. The van der Waals surface area contributed by atoms with E-state index in [1.807, 2.05) is 6.07 Å². The number of para-hydroxylation sites is 2. The Labute approximate surface area is 126 Å². The van der Waals surface area contributed by atoms with Gasteiger partial charge in [-0.2, -0.15) is 0 Å². The van der Waals surface area contributed by atoms with Crippen molar-refractivity contribution in [2.24, 2.45) is 0 Å². The van der Waals surface area contributed by atoms with E-state index in [4.69, 9.17) is 4.98 Å². The van der Waals surface area contributed by atoms with Crippen molar-refractivity contribution in [3.8, 4) is 5.69 Å². The first-order valence-electron chi connectivity index (χ1n) is 7.45. The standard InChI is InChI=1S/C19H22N2/c1-11-12(2)14(4)19(15(5)13(11)3)21-16(6)20-17-9-7-8-10-18(17)21/h7-10H,1-6H3. The Kier molecular flexibility index (Phi) is 3.12. The fourth-order valence-electron chi connectivity index (χ4n) is 3.24. The van der Waals surface area contributed by atoms with E-state index in [1.54, 1.807) is 0 Å². The van der Waals surface area contributed by atoms with Gasteiger partial charge in [-0.25, -0.2) is 4.98 Å². The molecule has 0 N–H and O–H groups in total. The number of aryl methyl sites for hydroxylation is 1. The number of rotatable bonds is 1. The van der Waals surface area contributed by atoms with Crippen molar-refractivity contribution in [2.75, 3.05) is 0 Å². The molecule has 3 rings (SSSR count). The Morgan fingerprint density at radius 3 is 1.86 bits per heavy atom. The van der Waals surface area contributed by atoms with Crippen molar-refractivity contribution in [2.45, 2.75) is 41.5 Å². The summed E-state index contributed by atoms with van der Waals surface area (Å²) < 4.78 is 2.30. The van der Waals surface area contributed by atoms with Gasteiger partial charge in [-0.1, -0.05) is 12.1 Å². The highest BCUT2D eigenvalue weighted by Crippen LogP contribution is 2.32. The second-order valence-electron chi connectivity index (χ2n) is 5.96. The molecule has 0 aliphatic heterocycles. The zero-order valence-electron chi connectivity index (χ0n) is 13.7. The molecule has 1 aromatic heterocycles. The molecule has 3 aromatic rings. The molecule has 1 heterocycles. The van der Waals surface area contributed by atoms with Crippen LogP contribution in [-0.2, 0) is 0 Å². The summed E-state index contributed by atoms with van der Waals surface area (Å²) >= 11 is 0. The van der Waals surface area contributed by atoms with Gasteiger partial charge in [0.1, 0.15) is 5.82 Å². The third-order valence-corrected chi connectivity index (χ3v) is 4.91. The molecule has 0 aliphatic rings. The van der Waals surface area contributed by atoms with E-state index in [0.29, 0.717) is 0 Å². The van der Waals surface area contributed by atoms with Gasteiger partial charge in [0.15, 0.2) is 0 Å². The molecule has 0 saturated carbocycles. The number of hydrogen-bond acceptors (Lipinski definition) is 1. The first-order chi connectivity index (χ1) is 9.93. The molecule has 2 nitrogen and oxygen atoms in total. The maximum Gasteiger partial charge on any atom is 0.111 e. The van der Waals surface area contributed by atoms with Crippen LogP contribution >= 0.6 is 0 Å². The summed E-state index contributed by atoms with van der Waals surface area (Å²) in [7, 11) is 0. The fraction of sp³-hybridized carbons (Fsp3) is 0.316. The van der Waals surface area contributed by atoms with Gasteiger partial charge >= 0.3 is 0 Å². The van der Waals surface area contributed by atoms with Crippen LogP contribution in [0.25, 0.3) is 16.7 Å². The minimum atomic E-state index is 1.05. The van der Waals surface area contributed by atoms with Gasteiger partial charge in [0.25, 0.3) is 0 Å². The molecule has 0 saturated heterocycles. The number of nitrogens with zero attached hydrogens (tertiary/aromatic N) is 2. The highest BCUT2D eigenvalue weighted by atomic mass is 15.1. The SMILES string of the molecule is Cc1c(C)c(C)c(-n2c(C)nc3ccccc32)c(C)c1C. The Morgan fingerprint density at radius 2 is 1.24 bits per heavy atom. The van der Waals surface area contributed by atoms with Crippen LogP contribution in [0.1, 0.15) is 33.6 Å². The summed E-state index contributed by atoms with van der Waals surface area (Å²) in [6, 6.07) is 8.36. The number of hydrogen-bond donors (Lipinski definition) is 0. The fourth-order valence-corrected chi connectivity index (χ4v) is 3.24. The number of imidazole rings is 1. The Hall–Kier alpha value is -2.09. The lowest BCUT2D eigenvalue weighted by Crippen LogP contribution is -2.07. The molecule has 0 unspecified atom stereocenters. The topological polar surface area (TPSA) is 17.8 Å². The summed E-state index contributed by atoms with van der Waals surface area (Å²) in [6.07, 6.45) is 0. The van der Waals surface area contributed by atoms with E-state index in [2.05, 4.69) is 64.3 Å². The van der Waals surface area contributed by atoms with E-state index in [9.17, 15) is 0 Å². The monoisotopic (exact) mass is 278 g/mol. The molecule has 2 aromatic carbocycles. The molecule has 2 heteroatoms. The predicted molar refractivity (Wildman–Crippen MR) is 89.5 cm³/mol. The summed E-state index contributed by atoms with van der Waals surface area (Å²) in [5, 5.41) is 0. The van der Waals surface area contributed by atoms with Gasteiger partial charge < -0.3 is 0 Å². The van der Waals surface area contributed by atoms with E-state index in [0.717, 1.165) is 11.3 Å². The molecule has 108 valence electrons. The van der Waals surface area contributed by atoms with E-state index in [1.165, 1.54) is 39.0 Å². The van der Waals surface area contributed by atoms with Crippen molar-refractivity contribution < 1.29 is 0 Å². The molecular formula is C19H22N2. The predicted octanol–water partition coefficient (Wildman–Crippen LogP) is 4.88. The maximum atomic E-state index is 4.72. The van der Waals surface area contributed by atoms with E-state index >= 15 is 0 Å². The zero-order chi connectivity index (χ0) is 15.3. The van der Waals surface area contributed by atoms with Crippen molar-refractivity contribution in [3.05, 3.63) is 57.9 Å². The molecule has 0 aliphatic carbocycles.